The molecule has 0 aromatic heterocycles. The van der Waals surface area contributed by atoms with Gasteiger partial charge in [-0.15, -0.1) is 0 Å². The van der Waals surface area contributed by atoms with Gasteiger partial charge in [0.25, 0.3) is 0 Å². The molecule has 4 nitrogen and oxygen atoms in total. The molecule has 148 valence electrons. The summed E-state index contributed by atoms with van der Waals surface area (Å²) in [5.74, 6) is 1.08. The fourth-order valence-corrected chi connectivity index (χ4v) is 3.92. The Hall–Kier alpha value is -3.11. The molecule has 1 aliphatic carbocycles. The van der Waals surface area contributed by atoms with Crippen molar-refractivity contribution in [2.75, 3.05) is 6.54 Å². The van der Waals surface area contributed by atoms with Crippen molar-refractivity contribution in [2.24, 2.45) is 5.73 Å². The summed E-state index contributed by atoms with van der Waals surface area (Å²) in [6, 6.07) is 24.2. The number of fused-ring (bicyclic) bond motifs is 1. The third-order valence-electron chi connectivity index (χ3n) is 5.45. The van der Waals surface area contributed by atoms with Crippen LogP contribution >= 0.6 is 0 Å². The molecule has 0 bridgehead atoms. The molecule has 0 heterocycles. The monoisotopic (exact) mass is 386 g/mol. The van der Waals surface area contributed by atoms with Gasteiger partial charge in [0.05, 0.1) is 0 Å². The molecular formula is C25H26N2O2. The summed E-state index contributed by atoms with van der Waals surface area (Å²) in [5, 5.41) is 3.73. The molecular weight excluding hydrogens is 360 g/mol. The molecule has 0 aliphatic heterocycles. The van der Waals surface area contributed by atoms with Gasteiger partial charge in [-0.3, -0.25) is 4.79 Å². The van der Waals surface area contributed by atoms with E-state index in [1.165, 1.54) is 23.1 Å². The summed E-state index contributed by atoms with van der Waals surface area (Å²) < 4.78 is 5.98. The lowest BCUT2D eigenvalue weighted by molar-refractivity contribution is 0.100. The van der Waals surface area contributed by atoms with E-state index in [-0.39, 0.29) is 0 Å². The minimum absolute atomic E-state index is 0.395. The number of hydrogen-bond acceptors (Lipinski definition) is 3. The first-order valence-electron chi connectivity index (χ1n) is 10.2. The quantitative estimate of drug-likeness (QED) is 0.614. The second kappa shape index (κ2) is 8.93. The molecule has 0 saturated heterocycles. The Labute approximate surface area is 171 Å². The summed E-state index contributed by atoms with van der Waals surface area (Å²) in [4.78, 5) is 11.2. The van der Waals surface area contributed by atoms with Crippen molar-refractivity contribution in [1.82, 2.24) is 5.32 Å². The van der Waals surface area contributed by atoms with Crippen LogP contribution in [-0.2, 0) is 12.8 Å². The van der Waals surface area contributed by atoms with Crippen LogP contribution in [0.5, 0.6) is 11.5 Å². The zero-order chi connectivity index (χ0) is 20.1. The van der Waals surface area contributed by atoms with E-state index in [0.29, 0.717) is 17.4 Å². The number of nitrogens with two attached hydrogens (primary N) is 1. The summed E-state index contributed by atoms with van der Waals surface area (Å²) in [6.45, 7) is 0.971. The number of benzene rings is 3. The Morgan fingerprint density at radius 3 is 2.52 bits per heavy atom. The molecule has 0 spiro atoms. The zero-order valence-electron chi connectivity index (χ0n) is 16.4. The van der Waals surface area contributed by atoms with Gasteiger partial charge < -0.3 is 15.8 Å². The van der Waals surface area contributed by atoms with E-state index in [4.69, 9.17) is 10.5 Å². The lowest BCUT2D eigenvalue weighted by Crippen LogP contribution is -2.27. The van der Waals surface area contributed by atoms with Crippen LogP contribution in [0.25, 0.3) is 0 Å². The van der Waals surface area contributed by atoms with Gasteiger partial charge >= 0.3 is 0 Å². The lowest BCUT2D eigenvalue weighted by atomic mass is 9.87. The van der Waals surface area contributed by atoms with Crippen molar-refractivity contribution in [1.29, 1.82) is 0 Å². The standard InChI is InChI=1S/C25H26N2O2/c26-25(28)19-9-11-21(12-10-19)29-22-13-14-23-20(17-22)7-4-8-24(23)27-16-15-18-5-2-1-3-6-18/h1-3,5-6,9-14,17,24,27H,4,7-8,15-16H2,(H2,26,28). The molecule has 1 atom stereocenters. The van der Waals surface area contributed by atoms with Crippen LogP contribution in [0.4, 0.5) is 0 Å². The molecule has 3 N–H and O–H groups in total. The minimum atomic E-state index is -0.434. The number of ether oxygens (including phenoxy) is 1. The first-order chi connectivity index (χ1) is 14.2. The molecule has 3 aromatic rings. The van der Waals surface area contributed by atoms with Gasteiger partial charge in [-0.1, -0.05) is 36.4 Å². The first-order valence-corrected chi connectivity index (χ1v) is 10.2. The number of primary amides is 1. The summed E-state index contributed by atoms with van der Waals surface area (Å²) >= 11 is 0. The van der Waals surface area contributed by atoms with Crippen molar-refractivity contribution < 1.29 is 9.53 Å². The van der Waals surface area contributed by atoms with Gasteiger partial charge in [0.15, 0.2) is 0 Å². The Bertz CT molecular complexity index is 968. The average molecular weight is 386 g/mol. The van der Waals surface area contributed by atoms with Crippen molar-refractivity contribution in [3.63, 3.8) is 0 Å². The normalized spacial score (nSPS) is 15.5. The van der Waals surface area contributed by atoms with Crippen LogP contribution in [0, 0.1) is 0 Å². The predicted molar refractivity (Wildman–Crippen MR) is 115 cm³/mol. The molecule has 0 radical (unpaired) electrons. The fourth-order valence-electron chi connectivity index (χ4n) is 3.92. The number of nitrogens with one attached hydrogen (secondary N) is 1. The Morgan fingerprint density at radius 1 is 1.00 bits per heavy atom. The van der Waals surface area contributed by atoms with E-state index in [1.807, 2.05) is 6.07 Å². The smallest absolute Gasteiger partial charge is 0.248 e. The summed E-state index contributed by atoms with van der Waals surface area (Å²) in [7, 11) is 0. The highest BCUT2D eigenvalue weighted by Gasteiger charge is 2.20. The highest BCUT2D eigenvalue weighted by Crippen LogP contribution is 2.33. The van der Waals surface area contributed by atoms with E-state index in [1.54, 1.807) is 24.3 Å². The highest BCUT2D eigenvalue weighted by molar-refractivity contribution is 5.92. The van der Waals surface area contributed by atoms with Crippen LogP contribution in [-0.4, -0.2) is 12.5 Å². The van der Waals surface area contributed by atoms with E-state index in [0.717, 1.165) is 31.6 Å². The summed E-state index contributed by atoms with van der Waals surface area (Å²) in [5.41, 5.74) is 9.85. The number of carbonyl (C=O) groups excluding carboxylic acids is 1. The summed E-state index contributed by atoms with van der Waals surface area (Å²) in [6.07, 6.45) is 4.45. The first kappa shape index (κ1) is 19.2. The van der Waals surface area contributed by atoms with Gasteiger partial charge in [-0.25, -0.2) is 0 Å². The van der Waals surface area contributed by atoms with Crippen molar-refractivity contribution in [2.45, 2.75) is 31.7 Å². The molecule has 29 heavy (non-hydrogen) atoms. The topological polar surface area (TPSA) is 64.4 Å². The maximum Gasteiger partial charge on any atom is 0.248 e. The average Bonchev–Trinajstić information content (AvgIpc) is 2.75. The number of aryl methyl sites for hydroxylation is 1. The van der Waals surface area contributed by atoms with Crippen LogP contribution < -0.4 is 15.8 Å². The maximum atomic E-state index is 11.2. The van der Waals surface area contributed by atoms with Gasteiger partial charge in [0, 0.05) is 11.6 Å². The zero-order valence-corrected chi connectivity index (χ0v) is 16.4. The van der Waals surface area contributed by atoms with Gasteiger partial charge in [-0.2, -0.15) is 0 Å². The second-order valence-corrected chi connectivity index (χ2v) is 7.49. The lowest BCUT2D eigenvalue weighted by Gasteiger charge is -2.27. The van der Waals surface area contributed by atoms with Crippen LogP contribution in [0.3, 0.4) is 0 Å². The SMILES string of the molecule is NC(=O)c1ccc(Oc2ccc3c(c2)CCCC3NCCc2ccccc2)cc1. The molecule has 0 fully saturated rings. The molecule has 3 aromatic carbocycles. The molecule has 1 aliphatic rings. The Morgan fingerprint density at radius 2 is 1.76 bits per heavy atom. The number of hydrogen-bond donors (Lipinski definition) is 2. The largest absolute Gasteiger partial charge is 0.457 e. The number of amides is 1. The predicted octanol–water partition coefficient (Wildman–Crippen LogP) is 4.79. The van der Waals surface area contributed by atoms with Gasteiger partial charge in [-0.05, 0) is 85.3 Å². The second-order valence-electron chi connectivity index (χ2n) is 7.49. The molecule has 1 amide bonds. The maximum absolute atomic E-state index is 11.2. The highest BCUT2D eigenvalue weighted by atomic mass is 16.5. The molecule has 4 rings (SSSR count). The van der Waals surface area contributed by atoms with Crippen LogP contribution in [0.2, 0.25) is 0 Å². The number of carbonyl (C=O) groups is 1. The van der Waals surface area contributed by atoms with Crippen LogP contribution in [0.15, 0.2) is 72.8 Å². The van der Waals surface area contributed by atoms with E-state index in [2.05, 4.69) is 47.8 Å². The molecule has 4 heteroatoms. The van der Waals surface area contributed by atoms with Crippen molar-refractivity contribution >= 4 is 5.91 Å². The fraction of sp³-hybridized carbons (Fsp3) is 0.240. The van der Waals surface area contributed by atoms with Gasteiger partial charge in [0.2, 0.25) is 5.91 Å². The molecule has 1 unspecified atom stereocenters. The van der Waals surface area contributed by atoms with Gasteiger partial charge in [0.1, 0.15) is 11.5 Å². The Balaban J connectivity index is 1.40. The van der Waals surface area contributed by atoms with E-state index >= 15 is 0 Å². The minimum Gasteiger partial charge on any atom is -0.457 e. The van der Waals surface area contributed by atoms with Crippen molar-refractivity contribution in [3.8, 4) is 11.5 Å². The Kier molecular flexibility index (Phi) is 5.92. The third-order valence-corrected chi connectivity index (χ3v) is 5.45. The van der Waals surface area contributed by atoms with Crippen LogP contribution in [0.1, 0.15) is 45.9 Å². The van der Waals surface area contributed by atoms with E-state index in [9.17, 15) is 4.79 Å². The number of rotatable bonds is 7. The third kappa shape index (κ3) is 4.84. The van der Waals surface area contributed by atoms with E-state index < -0.39 is 5.91 Å². The van der Waals surface area contributed by atoms with Crippen molar-refractivity contribution in [3.05, 3.63) is 95.1 Å². The molecule has 0 saturated carbocycles.